The van der Waals surface area contributed by atoms with E-state index in [0.717, 1.165) is 18.0 Å². The Morgan fingerprint density at radius 2 is 2.00 bits per heavy atom. The van der Waals surface area contributed by atoms with E-state index in [-0.39, 0.29) is 0 Å². The SMILES string of the molecule is CCC(C)N1CC(C)CCCC1C. The molecule has 0 aliphatic carbocycles. The molecular formula is C12H25N. The van der Waals surface area contributed by atoms with Gasteiger partial charge in [-0.15, -0.1) is 0 Å². The lowest BCUT2D eigenvalue weighted by Crippen LogP contribution is -2.41. The molecule has 0 spiro atoms. The van der Waals surface area contributed by atoms with Crippen molar-refractivity contribution in [3.8, 4) is 0 Å². The largest absolute Gasteiger partial charge is 0.298 e. The highest BCUT2D eigenvalue weighted by molar-refractivity contribution is 4.78. The van der Waals surface area contributed by atoms with E-state index < -0.39 is 0 Å². The lowest BCUT2D eigenvalue weighted by Gasteiger charge is -2.33. The van der Waals surface area contributed by atoms with Crippen molar-refractivity contribution in [2.24, 2.45) is 5.92 Å². The summed E-state index contributed by atoms with van der Waals surface area (Å²) in [5.74, 6) is 0.902. The summed E-state index contributed by atoms with van der Waals surface area (Å²) < 4.78 is 0. The number of nitrogens with zero attached hydrogens (tertiary/aromatic N) is 1. The highest BCUT2D eigenvalue weighted by atomic mass is 15.2. The molecule has 1 aliphatic heterocycles. The molecular weight excluding hydrogens is 158 g/mol. The Bertz CT molecular complexity index is 144. The topological polar surface area (TPSA) is 3.24 Å². The first-order valence-corrected chi connectivity index (χ1v) is 5.90. The van der Waals surface area contributed by atoms with Crippen molar-refractivity contribution in [3.05, 3.63) is 0 Å². The first kappa shape index (κ1) is 11.0. The van der Waals surface area contributed by atoms with E-state index in [1.165, 1.54) is 32.2 Å². The minimum atomic E-state index is 0.774. The van der Waals surface area contributed by atoms with E-state index in [1.807, 2.05) is 0 Å². The van der Waals surface area contributed by atoms with Gasteiger partial charge in [0.05, 0.1) is 0 Å². The molecule has 0 aromatic carbocycles. The maximum atomic E-state index is 2.71. The molecule has 1 rings (SSSR count). The summed E-state index contributed by atoms with van der Waals surface area (Å²) >= 11 is 0. The van der Waals surface area contributed by atoms with Crippen molar-refractivity contribution in [2.75, 3.05) is 6.54 Å². The van der Waals surface area contributed by atoms with Crippen LogP contribution in [0.2, 0.25) is 0 Å². The Morgan fingerprint density at radius 1 is 1.31 bits per heavy atom. The molecule has 1 aliphatic rings. The molecule has 0 saturated carbocycles. The van der Waals surface area contributed by atoms with Gasteiger partial charge in [-0.2, -0.15) is 0 Å². The van der Waals surface area contributed by atoms with Crippen molar-refractivity contribution in [2.45, 2.75) is 65.5 Å². The van der Waals surface area contributed by atoms with Gasteiger partial charge in [0, 0.05) is 18.6 Å². The van der Waals surface area contributed by atoms with Crippen LogP contribution in [0, 0.1) is 5.92 Å². The highest BCUT2D eigenvalue weighted by Gasteiger charge is 2.23. The summed E-state index contributed by atoms with van der Waals surface area (Å²) in [6, 6.07) is 1.58. The zero-order valence-corrected chi connectivity index (χ0v) is 9.71. The van der Waals surface area contributed by atoms with Gasteiger partial charge in [-0.05, 0) is 39.0 Å². The third kappa shape index (κ3) is 2.98. The van der Waals surface area contributed by atoms with E-state index >= 15 is 0 Å². The molecule has 0 aromatic heterocycles. The lowest BCUT2D eigenvalue weighted by molar-refractivity contribution is 0.139. The monoisotopic (exact) mass is 183 g/mol. The van der Waals surface area contributed by atoms with Crippen molar-refractivity contribution >= 4 is 0 Å². The smallest absolute Gasteiger partial charge is 0.00698 e. The fourth-order valence-corrected chi connectivity index (χ4v) is 2.41. The van der Waals surface area contributed by atoms with Crippen LogP contribution in [0.25, 0.3) is 0 Å². The van der Waals surface area contributed by atoms with Crippen LogP contribution < -0.4 is 0 Å². The van der Waals surface area contributed by atoms with Crippen LogP contribution >= 0.6 is 0 Å². The Balaban J connectivity index is 2.56. The molecule has 0 amide bonds. The molecule has 0 aromatic rings. The van der Waals surface area contributed by atoms with Crippen LogP contribution in [0.15, 0.2) is 0 Å². The molecule has 1 saturated heterocycles. The summed E-state index contributed by atoms with van der Waals surface area (Å²) in [6.07, 6.45) is 5.54. The molecule has 13 heavy (non-hydrogen) atoms. The summed E-state index contributed by atoms with van der Waals surface area (Å²) in [5, 5.41) is 0. The molecule has 0 N–H and O–H groups in total. The molecule has 0 radical (unpaired) electrons. The standard InChI is InChI=1S/C12H25N/c1-5-11(3)13-9-10(2)7-6-8-12(13)4/h10-12H,5-9H2,1-4H3. The summed E-state index contributed by atoms with van der Waals surface area (Å²) in [7, 11) is 0. The quantitative estimate of drug-likeness (QED) is 0.635. The van der Waals surface area contributed by atoms with Crippen molar-refractivity contribution in [1.82, 2.24) is 4.90 Å². The van der Waals surface area contributed by atoms with Gasteiger partial charge in [0.15, 0.2) is 0 Å². The van der Waals surface area contributed by atoms with Gasteiger partial charge >= 0.3 is 0 Å². The first-order valence-electron chi connectivity index (χ1n) is 5.90. The second kappa shape index (κ2) is 4.99. The van der Waals surface area contributed by atoms with Crippen molar-refractivity contribution in [3.63, 3.8) is 0 Å². The van der Waals surface area contributed by atoms with Gasteiger partial charge in [0.1, 0.15) is 0 Å². The molecule has 0 bridgehead atoms. The normalized spacial score (nSPS) is 34.2. The first-order chi connectivity index (χ1) is 6.15. The van der Waals surface area contributed by atoms with Crippen LogP contribution in [0.1, 0.15) is 53.4 Å². The minimum absolute atomic E-state index is 0.774. The van der Waals surface area contributed by atoms with Gasteiger partial charge < -0.3 is 0 Å². The minimum Gasteiger partial charge on any atom is -0.298 e. The Hall–Kier alpha value is -0.0400. The lowest BCUT2D eigenvalue weighted by atomic mass is 10.1. The van der Waals surface area contributed by atoms with Gasteiger partial charge in [-0.25, -0.2) is 0 Å². The number of likely N-dealkylation sites (tertiary alicyclic amines) is 1. The summed E-state index contributed by atoms with van der Waals surface area (Å²) in [4.78, 5) is 2.71. The maximum absolute atomic E-state index is 2.71. The molecule has 1 heterocycles. The van der Waals surface area contributed by atoms with E-state index in [1.54, 1.807) is 0 Å². The van der Waals surface area contributed by atoms with Gasteiger partial charge in [-0.1, -0.05) is 20.3 Å². The van der Waals surface area contributed by atoms with E-state index in [4.69, 9.17) is 0 Å². The molecule has 1 heteroatoms. The van der Waals surface area contributed by atoms with Gasteiger partial charge in [-0.3, -0.25) is 4.90 Å². The van der Waals surface area contributed by atoms with Crippen LogP contribution in [0.5, 0.6) is 0 Å². The third-order valence-electron chi connectivity index (χ3n) is 3.56. The predicted molar refractivity (Wildman–Crippen MR) is 58.9 cm³/mol. The molecule has 1 fully saturated rings. The predicted octanol–water partition coefficient (Wildman–Crippen LogP) is 3.30. The molecule has 3 atom stereocenters. The van der Waals surface area contributed by atoms with Crippen molar-refractivity contribution in [1.29, 1.82) is 0 Å². The fraction of sp³-hybridized carbons (Fsp3) is 1.00. The third-order valence-corrected chi connectivity index (χ3v) is 3.56. The fourth-order valence-electron chi connectivity index (χ4n) is 2.41. The van der Waals surface area contributed by atoms with Gasteiger partial charge in [0.25, 0.3) is 0 Å². The Labute approximate surface area is 83.5 Å². The second-order valence-corrected chi connectivity index (χ2v) is 4.84. The number of hydrogen-bond acceptors (Lipinski definition) is 1. The second-order valence-electron chi connectivity index (χ2n) is 4.84. The van der Waals surface area contributed by atoms with Crippen LogP contribution in [0.4, 0.5) is 0 Å². The Morgan fingerprint density at radius 3 is 2.62 bits per heavy atom. The zero-order valence-electron chi connectivity index (χ0n) is 9.71. The maximum Gasteiger partial charge on any atom is 0.00698 e. The average Bonchev–Trinajstić information content (AvgIpc) is 2.27. The molecule has 1 nitrogen and oxygen atoms in total. The van der Waals surface area contributed by atoms with E-state index in [0.29, 0.717) is 0 Å². The Kier molecular flexibility index (Phi) is 4.24. The zero-order chi connectivity index (χ0) is 9.84. The molecule has 78 valence electrons. The van der Waals surface area contributed by atoms with E-state index in [9.17, 15) is 0 Å². The summed E-state index contributed by atoms with van der Waals surface area (Å²) in [5.41, 5.74) is 0. The molecule has 3 unspecified atom stereocenters. The average molecular weight is 183 g/mol. The summed E-state index contributed by atoms with van der Waals surface area (Å²) in [6.45, 7) is 10.8. The highest BCUT2D eigenvalue weighted by Crippen LogP contribution is 2.23. The number of rotatable bonds is 2. The van der Waals surface area contributed by atoms with Crippen LogP contribution in [-0.4, -0.2) is 23.5 Å². The van der Waals surface area contributed by atoms with Gasteiger partial charge in [0.2, 0.25) is 0 Å². The van der Waals surface area contributed by atoms with Crippen molar-refractivity contribution < 1.29 is 0 Å². The van der Waals surface area contributed by atoms with E-state index in [2.05, 4.69) is 32.6 Å². The van der Waals surface area contributed by atoms with Crippen LogP contribution in [-0.2, 0) is 0 Å². The number of hydrogen-bond donors (Lipinski definition) is 0. The van der Waals surface area contributed by atoms with Crippen LogP contribution in [0.3, 0.4) is 0 Å².